The molecular formula is C34H50O6. The number of rotatable bonds is 7. The molecule has 0 aliphatic heterocycles. The maximum absolute atomic E-state index is 12.1. The van der Waals surface area contributed by atoms with Gasteiger partial charge in [0.1, 0.15) is 12.2 Å². The van der Waals surface area contributed by atoms with E-state index in [0.717, 1.165) is 38.5 Å². The number of carbonyl (C=O) groups excluding carboxylic acids is 2. The van der Waals surface area contributed by atoms with Gasteiger partial charge in [-0.3, -0.25) is 9.59 Å². The second-order valence-corrected chi connectivity index (χ2v) is 14.4. The molecule has 1 N–H and O–H groups in total. The lowest BCUT2D eigenvalue weighted by atomic mass is 9.44. The van der Waals surface area contributed by atoms with Crippen molar-refractivity contribution >= 4 is 17.9 Å². The van der Waals surface area contributed by atoms with Gasteiger partial charge in [-0.2, -0.15) is 0 Å². The zero-order valence-electron chi connectivity index (χ0n) is 26.1. The van der Waals surface area contributed by atoms with Gasteiger partial charge in [-0.05, 0) is 90.6 Å². The maximum Gasteiger partial charge on any atom is 0.330 e. The molecule has 0 heterocycles. The van der Waals surface area contributed by atoms with Crippen LogP contribution in [0.3, 0.4) is 0 Å². The Morgan fingerprint density at radius 3 is 2.27 bits per heavy atom. The molecule has 222 valence electrons. The summed E-state index contributed by atoms with van der Waals surface area (Å²) in [4.78, 5) is 35.3. The first-order valence-electron chi connectivity index (χ1n) is 15.1. The second kappa shape index (κ2) is 10.5. The van der Waals surface area contributed by atoms with Gasteiger partial charge in [0, 0.05) is 31.3 Å². The van der Waals surface area contributed by atoms with Crippen LogP contribution >= 0.6 is 0 Å². The standard InChI is InChI=1S/C34H50O6/c1-20(30(37)38)10-12-27(39-22(3)35)21(2)24-14-18-34(9)26-11-13-28-31(5,6)29(40-23(4)36)16-17-32(28,7)25(26)15-19-33(24,34)8/h10-11,15,21,24,27-29H,12-14,16-19H2,1-9H3,(H,37,38)/b20-10+/t21-,24+,27-,28?,29-,32+,33+,34-/m0/s1. The Labute approximate surface area is 240 Å². The van der Waals surface area contributed by atoms with E-state index in [1.807, 2.05) is 0 Å². The molecule has 40 heavy (non-hydrogen) atoms. The van der Waals surface area contributed by atoms with Gasteiger partial charge in [0.15, 0.2) is 0 Å². The Balaban J connectivity index is 1.66. The van der Waals surface area contributed by atoms with E-state index in [4.69, 9.17) is 9.47 Å². The van der Waals surface area contributed by atoms with Gasteiger partial charge in [0.2, 0.25) is 0 Å². The Morgan fingerprint density at radius 1 is 1.00 bits per heavy atom. The van der Waals surface area contributed by atoms with Crippen LogP contribution in [0.1, 0.15) is 107 Å². The molecule has 2 saturated carbocycles. The van der Waals surface area contributed by atoms with E-state index >= 15 is 0 Å². The average Bonchev–Trinajstić information content (AvgIpc) is 3.13. The highest BCUT2D eigenvalue weighted by Gasteiger charge is 2.63. The first-order valence-corrected chi connectivity index (χ1v) is 15.1. The van der Waals surface area contributed by atoms with Crippen molar-refractivity contribution in [3.63, 3.8) is 0 Å². The maximum atomic E-state index is 12.1. The number of carboxylic acids is 1. The minimum absolute atomic E-state index is 0.000631. The van der Waals surface area contributed by atoms with Crippen molar-refractivity contribution in [2.45, 2.75) is 119 Å². The quantitative estimate of drug-likeness (QED) is 0.260. The number of hydrogen-bond acceptors (Lipinski definition) is 5. The number of hydrogen-bond donors (Lipinski definition) is 1. The Kier molecular flexibility index (Phi) is 8.01. The van der Waals surface area contributed by atoms with Gasteiger partial charge in [-0.1, -0.05) is 59.8 Å². The number of aliphatic carboxylic acids is 1. The van der Waals surface area contributed by atoms with E-state index in [1.165, 1.54) is 25.0 Å². The Hall–Kier alpha value is -2.37. The SMILES string of the molecule is CC(=O)O[C@@H](C/C=C(\C)C(=O)O)[C@@H](C)[C@H]1CC[C@@]2(C)C3=CCC4C(C)(C)[C@@H](OC(C)=O)CC[C@]4(C)C3=CC[C@]12C. The molecule has 0 radical (unpaired) electrons. The number of allylic oxidation sites excluding steroid dienone is 4. The second-order valence-electron chi connectivity index (χ2n) is 14.4. The van der Waals surface area contributed by atoms with E-state index in [2.05, 4.69) is 53.7 Å². The molecule has 4 aliphatic rings. The van der Waals surface area contributed by atoms with Crippen LogP contribution in [0.25, 0.3) is 0 Å². The summed E-state index contributed by atoms with van der Waals surface area (Å²) in [5.74, 6) is -0.637. The number of esters is 2. The van der Waals surface area contributed by atoms with E-state index in [0.29, 0.717) is 18.3 Å². The number of ether oxygens (including phenoxy) is 2. The predicted molar refractivity (Wildman–Crippen MR) is 155 cm³/mol. The molecule has 0 aromatic carbocycles. The predicted octanol–water partition coefficient (Wildman–Crippen LogP) is 7.43. The molecule has 0 aromatic heterocycles. The van der Waals surface area contributed by atoms with Crippen LogP contribution in [0.5, 0.6) is 0 Å². The Morgan fingerprint density at radius 2 is 1.68 bits per heavy atom. The van der Waals surface area contributed by atoms with Crippen molar-refractivity contribution in [2.24, 2.45) is 39.4 Å². The van der Waals surface area contributed by atoms with E-state index in [1.54, 1.807) is 13.0 Å². The third-order valence-corrected chi connectivity index (χ3v) is 12.1. The van der Waals surface area contributed by atoms with Crippen LogP contribution in [0, 0.1) is 39.4 Å². The number of carbonyl (C=O) groups is 3. The van der Waals surface area contributed by atoms with Gasteiger partial charge >= 0.3 is 17.9 Å². The summed E-state index contributed by atoms with van der Waals surface area (Å²) in [5, 5.41) is 9.34. The molecule has 6 nitrogen and oxygen atoms in total. The van der Waals surface area contributed by atoms with E-state index < -0.39 is 5.97 Å². The molecular weight excluding hydrogens is 504 g/mol. The molecule has 0 aromatic rings. The molecule has 0 bridgehead atoms. The van der Waals surface area contributed by atoms with Gasteiger partial charge in [-0.25, -0.2) is 4.79 Å². The zero-order valence-corrected chi connectivity index (χ0v) is 26.1. The highest BCUT2D eigenvalue weighted by Crippen LogP contribution is 2.72. The summed E-state index contributed by atoms with van der Waals surface area (Å²) in [6, 6.07) is 0. The summed E-state index contributed by atoms with van der Waals surface area (Å²) in [6.07, 6.45) is 12.7. The highest BCUT2D eigenvalue weighted by molar-refractivity contribution is 5.85. The zero-order chi connectivity index (χ0) is 29.8. The average molecular weight is 555 g/mol. The molecule has 1 unspecified atom stereocenters. The third-order valence-electron chi connectivity index (χ3n) is 12.1. The molecule has 4 aliphatic carbocycles. The van der Waals surface area contributed by atoms with Crippen molar-refractivity contribution < 1.29 is 29.0 Å². The summed E-state index contributed by atoms with van der Waals surface area (Å²) in [5.41, 5.74) is 3.21. The van der Waals surface area contributed by atoms with Crippen molar-refractivity contribution in [3.8, 4) is 0 Å². The largest absolute Gasteiger partial charge is 0.478 e. The summed E-state index contributed by atoms with van der Waals surface area (Å²) < 4.78 is 11.7. The van der Waals surface area contributed by atoms with Crippen LogP contribution in [0.2, 0.25) is 0 Å². The van der Waals surface area contributed by atoms with Crippen LogP contribution < -0.4 is 0 Å². The lowest BCUT2D eigenvalue weighted by Crippen LogP contribution is -2.55. The van der Waals surface area contributed by atoms with Gasteiger partial charge in [-0.15, -0.1) is 0 Å². The summed E-state index contributed by atoms with van der Waals surface area (Å²) in [7, 11) is 0. The Bertz CT molecular complexity index is 1160. The highest BCUT2D eigenvalue weighted by atomic mass is 16.5. The number of carboxylic acid groups (broad SMARTS) is 1. The van der Waals surface area contributed by atoms with Crippen LogP contribution in [-0.2, 0) is 23.9 Å². The van der Waals surface area contributed by atoms with Crippen molar-refractivity contribution in [1.82, 2.24) is 0 Å². The summed E-state index contributed by atoms with van der Waals surface area (Å²) in [6.45, 7) is 18.6. The van der Waals surface area contributed by atoms with Crippen molar-refractivity contribution in [3.05, 3.63) is 34.9 Å². The van der Waals surface area contributed by atoms with Crippen LogP contribution in [-0.4, -0.2) is 35.2 Å². The van der Waals surface area contributed by atoms with Crippen LogP contribution in [0.15, 0.2) is 34.9 Å². The molecule has 0 amide bonds. The topological polar surface area (TPSA) is 89.9 Å². The molecule has 4 rings (SSSR count). The van der Waals surface area contributed by atoms with Gasteiger partial charge in [0.25, 0.3) is 0 Å². The normalized spacial score (nSPS) is 38.0. The monoisotopic (exact) mass is 554 g/mol. The lowest BCUT2D eigenvalue weighted by Gasteiger charge is -2.61. The molecule has 0 spiro atoms. The fourth-order valence-electron chi connectivity index (χ4n) is 9.50. The van der Waals surface area contributed by atoms with Gasteiger partial charge in [0.05, 0.1) is 0 Å². The minimum atomic E-state index is -0.944. The van der Waals surface area contributed by atoms with Gasteiger partial charge < -0.3 is 14.6 Å². The van der Waals surface area contributed by atoms with E-state index in [-0.39, 0.29) is 57.3 Å². The molecule has 2 fully saturated rings. The van der Waals surface area contributed by atoms with E-state index in [9.17, 15) is 19.5 Å². The smallest absolute Gasteiger partial charge is 0.330 e. The number of fused-ring (bicyclic) bond motifs is 5. The van der Waals surface area contributed by atoms with Crippen molar-refractivity contribution in [1.29, 1.82) is 0 Å². The molecule has 0 saturated heterocycles. The molecule has 6 heteroatoms. The first kappa shape index (κ1) is 30.6. The lowest BCUT2D eigenvalue weighted by molar-refractivity contribution is -0.165. The fraction of sp³-hybridized carbons (Fsp3) is 0.735. The third kappa shape index (κ3) is 4.77. The minimum Gasteiger partial charge on any atom is -0.478 e. The van der Waals surface area contributed by atoms with Crippen molar-refractivity contribution in [2.75, 3.05) is 0 Å². The fourth-order valence-corrected chi connectivity index (χ4v) is 9.50. The first-order chi connectivity index (χ1) is 18.5. The summed E-state index contributed by atoms with van der Waals surface area (Å²) >= 11 is 0. The van der Waals surface area contributed by atoms with Crippen LogP contribution in [0.4, 0.5) is 0 Å². The molecule has 8 atom stereocenters.